The SMILES string of the molecule is CC(C)n1c(SCC(=O)Nc2ccccc2[N+](=O)[O-])nc2ccccc2c1=O. The summed E-state index contributed by atoms with van der Waals surface area (Å²) < 4.78 is 1.55. The third-order valence-electron chi connectivity index (χ3n) is 4.00. The first-order valence-corrected chi connectivity index (χ1v) is 9.54. The van der Waals surface area contributed by atoms with Gasteiger partial charge in [0, 0.05) is 12.1 Å². The van der Waals surface area contributed by atoms with E-state index in [9.17, 15) is 19.7 Å². The molecule has 28 heavy (non-hydrogen) atoms. The van der Waals surface area contributed by atoms with Crippen LogP contribution in [-0.2, 0) is 4.79 Å². The summed E-state index contributed by atoms with van der Waals surface area (Å²) in [6.07, 6.45) is 0. The Labute approximate surface area is 164 Å². The molecule has 0 saturated heterocycles. The van der Waals surface area contributed by atoms with Crippen molar-refractivity contribution in [2.45, 2.75) is 25.0 Å². The third kappa shape index (κ3) is 4.04. The second-order valence-corrected chi connectivity index (χ2v) is 7.23. The maximum atomic E-state index is 12.8. The van der Waals surface area contributed by atoms with Crippen LogP contribution in [0.4, 0.5) is 11.4 Å². The van der Waals surface area contributed by atoms with E-state index in [0.717, 1.165) is 11.8 Å². The molecule has 0 aliphatic carbocycles. The number of nitro benzene ring substituents is 1. The summed E-state index contributed by atoms with van der Waals surface area (Å²) in [5, 5.41) is 14.6. The average Bonchev–Trinajstić information content (AvgIpc) is 2.66. The fourth-order valence-corrected chi connectivity index (χ4v) is 3.67. The highest BCUT2D eigenvalue weighted by atomic mass is 32.2. The van der Waals surface area contributed by atoms with Crippen molar-refractivity contribution >= 4 is 39.9 Å². The lowest BCUT2D eigenvalue weighted by Gasteiger charge is -2.16. The minimum absolute atomic E-state index is 0.0381. The predicted octanol–water partition coefficient (Wildman–Crippen LogP) is 3.62. The first-order valence-electron chi connectivity index (χ1n) is 8.56. The van der Waals surface area contributed by atoms with Crippen molar-refractivity contribution < 1.29 is 9.72 Å². The molecule has 0 spiro atoms. The van der Waals surface area contributed by atoms with Crippen LogP contribution in [0.5, 0.6) is 0 Å². The van der Waals surface area contributed by atoms with Gasteiger partial charge in [-0.1, -0.05) is 36.0 Å². The van der Waals surface area contributed by atoms with Gasteiger partial charge in [0.25, 0.3) is 11.2 Å². The summed E-state index contributed by atoms with van der Waals surface area (Å²) >= 11 is 1.12. The number of carbonyl (C=O) groups excluding carboxylic acids is 1. The molecule has 0 bridgehead atoms. The van der Waals surface area contributed by atoms with Gasteiger partial charge in [-0.25, -0.2) is 4.98 Å². The molecular formula is C19H18N4O4S. The van der Waals surface area contributed by atoms with E-state index in [1.807, 2.05) is 13.8 Å². The van der Waals surface area contributed by atoms with Crippen LogP contribution in [0.25, 0.3) is 10.9 Å². The number of hydrogen-bond donors (Lipinski definition) is 1. The zero-order chi connectivity index (χ0) is 20.3. The van der Waals surface area contributed by atoms with E-state index in [4.69, 9.17) is 0 Å². The van der Waals surface area contributed by atoms with E-state index in [2.05, 4.69) is 10.3 Å². The normalized spacial score (nSPS) is 11.0. The van der Waals surface area contributed by atoms with Gasteiger partial charge in [0.2, 0.25) is 5.91 Å². The van der Waals surface area contributed by atoms with Crippen molar-refractivity contribution in [3.05, 3.63) is 69.0 Å². The average molecular weight is 398 g/mol. The van der Waals surface area contributed by atoms with Gasteiger partial charge in [0.05, 0.1) is 21.6 Å². The summed E-state index contributed by atoms with van der Waals surface area (Å²) in [6, 6.07) is 12.8. The maximum Gasteiger partial charge on any atom is 0.292 e. The van der Waals surface area contributed by atoms with Crippen LogP contribution >= 0.6 is 11.8 Å². The Balaban J connectivity index is 1.84. The molecule has 3 aromatic rings. The molecule has 9 heteroatoms. The highest BCUT2D eigenvalue weighted by Crippen LogP contribution is 2.25. The lowest BCUT2D eigenvalue weighted by atomic mass is 10.2. The van der Waals surface area contributed by atoms with Crippen LogP contribution in [-0.4, -0.2) is 26.1 Å². The number of thioether (sulfide) groups is 1. The minimum Gasteiger partial charge on any atom is -0.320 e. The lowest BCUT2D eigenvalue weighted by Crippen LogP contribution is -2.25. The van der Waals surface area contributed by atoms with Gasteiger partial charge in [-0.05, 0) is 32.0 Å². The zero-order valence-corrected chi connectivity index (χ0v) is 16.1. The van der Waals surface area contributed by atoms with Crippen molar-refractivity contribution in [3.63, 3.8) is 0 Å². The van der Waals surface area contributed by atoms with Gasteiger partial charge in [0.15, 0.2) is 5.16 Å². The van der Waals surface area contributed by atoms with Crippen molar-refractivity contribution in [2.75, 3.05) is 11.1 Å². The Morgan fingerprint density at radius 3 is 2.61 bits per heavy atom. The summed E-state index contributed by atoms with van der Waals surface area (Å²) in [7, 11) is 0. The highest BCUT2D eigenvalue weighted by Gasteiger charge is 2.17. The number of benzene rings is 2. The second kappa shape index (κ2) is 8.22. The number of nitro groups is 1. The van der Waals surface area contributed by atoms with Gasteiger partial charge in [-0.2, -0.15) is 0 Å². The molecular weight excluding hydrogens is 380 g/mol. The minimum atomic E-state index is -0.552. The van der Waals surface area contributed by atoms with E-state index >= 15 is 0 Å². The molecule has 0 fully saturated rings. The molecule has 0 saturated carbocycles. The fourth-order valence-electron chi connectivity index (χ4n) is 2.74. The first kappa shape index (κ1) is 19.6. The summed E-state index contributed by atoms with van der Waals surface area (Å²) in [4.78, 5) is 40.1. The Hall–Kier alpha value is -3.20. The molecule has 1 N–H and O–H groups in total. The monoisotopic (exact) mass is 398 g/mol. The quantitative estimate of drug-likeness (QED) is 0.294. The van der Waals surface area contributed by atoms with E-state index in [1.165, 1.54) is 18.2 Å². The second-order valence-electron chi connectivity index (χ2n) is 6.29. The number of hydrogen-bond acceptors (Lipinski definition) is 6. The standard InChI is InChI=1S/C19H18N4O4S/c1-12(2)22-18(25)13-7-3-4-8-14(13)21-19(22)28-11-17(24)20-15-9-5-6-10-16(15)23(26)27/h3-10,12H,11H2,1-2H3,(H,20,24). The van der Waals surface area contributed by atoms with Crippen LogP contribution in [0.2, 0.25) is 0 Å². The molecule has 1 amide bonds. The molecule has 1 aromatic heterocycles. The highest BCUT2D eigenvalue weighted by molar-refractivity contribution is 7.99. The van der Waals surface area contributed by atoms with Crippen LogP contribution in [0.1, 0.15) is 19.9 Å². The number of nitrogens with one attached hydrogen (secondary N) is 1. The number of anilines is 1. The number of aromatic nitrogens is 2. The van der Waals surface area contributed by atoms with E-state index in [-0.39, 0.29) is 28.7 Å². The molecule has 1 heterocycles. The van der Waals surface area contributed by atoms with Crippen molar-refractivity contribution in [1.82, 2.24) is 9.55 Å². The smallest absolute Gasteiger partial charge is 0.292 e. The first-order chi connectivity index (χ1) is 13.4. The predicted molar refractivity (Wildman–Crippen MR) is 109 cm³/mol. The van der Waals surface area contributed by atoms with E-state index < -0.39 is 10.8 Å². The van der Waals surface area contributed by atoms with Gasteiger partial charge >= 0.3 is 0 Å². The maximum absolute atomic E-state index is 12.8. The van der Waals surface area contributed by atoms with Crippen LogP contribution < -0.4 is 10.9 Å². The third-order valence-corrected chi connectivity index (χ3v) is 4.95. The topological polar surface area (TPSA) is 107 Å². The number of para-hydroxylation sites is 3. The van der Waals surface area contributed by atoms with Crippen molar-refractivity contribution in [2.24, 2.45) is 0 Å². The zero-order valence-electron chi connectivity index (χ0n) is 15.3. The fraction of sp³-hybridized carbons (Fsp3) is 0.211. The number of amides is 1. The Morgan fingerprint density at radius 2 is 1.89 bits per heavy atom. The number of nitrogens with zero attached hydrogens (tertiary/aromatic N) is 3. The van der Waals surface area contributed by atoms with Crippen LogP contribution in [0.3, 0.4) is 0 Å². The van der Waals surface area contributed by atoms with Crippen molar-refractivity contribution in [3.8, 4) is 0 Å². The Morgan fingerprint density at radius 1 is 1.21 bits per heavy atom. The van der Waals surface area contributed by atoms with Gasteiger partial charge in [-0.15, -0.1) is 0 Å². The van der Waals surface area contributed by atoms with Crippen molar-refractivity contribution in [1.29, 1.82) is 0 Å². The molecule has 0 aliphatic rings. The Bertz CT molecular complexity index is 1110. The molecule has 144 valence electrons. The molecule has 0 unspecified atom stereocenters. The molecule has 0 atom stereocenters. The van der Waals surface area contributed by atoms with Crippen LogP contribution in [0.15, 0.2) is 58.5 Å². The summed E-state index contributed by atoms with van der Waals surface area (Å²) in [5.41, 5.74) is 0.350. The number of fused-ring (bicyclic) bond motifs is 1. The van der Waals surface area contributed by atoms with Gasteiger partial charge in [-0.3, -0.25) is 24.3 Å². The van der Waals surface area contributed by atoms with E-state index in [0.29, 0.717) is 16.1 Å². The largest absolute Gasteiger partial charge is 0.320 e. The molecule has 2 aromatic carbocycles. The Kier molecular flexibility index (Phi) is 5.74. The molecule has 0 radical (unpaired) electrons. The molecule has 8 nitrogen and oxygen atoms in total. The molecule has 0 aliphatic heterocycles. The van der Waals surface area contributed by atoms with Gasteiger partial charge < -0.3 is 5.32 Å². The van der Waals surface area contributed by atoms with Gasteiger partial charge in [0.1, 0.15) is 5.69 Å². The summed E-state index contributed by atoms with van der Waals surface area (Å²) in [6.45, 7) is 3.74. The lowest BCUT2D eigenvalue weighted by molar-refractivity contribution is -0.383. The number of rotatable bonds is 6. The summed E-state index contributed by atoms with van der Waals surface area (Å²) in [5.74, 6) is -0.458. The molecule has 3 rings (SSSR count). The van der Waals surface area contributed by atoms with E-state index in [1.54, 1.807) is 34.9 Å². The van der Waals surface area contributed by atoms with Crippen LogP contribution in [0, 0.1) is 10.1 Å². The number of carbonyl (C=O) groups is 1.